The molecule has 0 bridgehead atoms. The van der Waals surface area contributed by atoms with Crippen molar-refractivity contribution in [3.8, 4) is 0 Å². The van der Waals surface area contributed by atoms with Crippen LogP contribution in [-0.4, -0.2) is 23.7 Å². The van der Waals surface area contributed by atoms with E-state index >= 15 is 0 Å². The summed E-state index contributed by atoms with van der Waals surface area (Å²) in [5.41, 5.74) is 1.97. The molecule has 2 atom stereocenters. The molecular formula is C10H15N2P. The molecule has 70 valence electrons. The van der Waals surface area contributed by atoms with E-state index in [0.717, 1.165) is 24.6 Å². The molecule has 13 heavy (non-hydrogen) atoms. The summed E-state index contributed by atoms with van der Waals surface area (Å²) in [6.07, 6.45) is 3.20. The first-order valence-electron chi connectivity index (χ1n) is 4.69. The lowest BCUT2D eigenvalue weighted by Gasteiger charge is -2.16. The van der Waals surface area contributed by atoms with Gasteiger partial charge in [0, 0.05) is 19.3 Å². The van der Waals surface area contributed by atoms with E-state index in [4.69, 9.17) is 0 Å². The molecule has 2 heterocycles. The molecule has 0 aliphatic carbocycles. The van der Waals surface area contributed by atoms with Gasteiger partial charge in [0.25, 0.3) is 0 Å². The average molecular weight is 194 g/mol. The second-order valence-electron chi connectivity index (χ2n) is 3.69. The van der Waals surface area contributed by atoms with Crippen molar-refractivity contribution in [2.75, 3.05) is 18.0 Å². The van der Waals surface area contributed by atoms with E-state index in [1.807, 2.05) is 6.20 Å². The highest BCUT2D eigenvalue weighted by molar-refractivity contribution is 7.17. The zero-order chi connectivity index (χ0) is 9.26. The van der Waals surface area contributed by atoms with Gasteiger partial charge in [0.15, 0.2) is 0 Å². The Morgan fingerprint density at radius 1 is 1.54 bits per heavy atom. The quantitative estimate of drug-likeness (QED) is 0.634. The third-order valence-electron chi connectivity index (χ3n) is 2.44. The van der Waals surface area contributed by atoms with Crippen LogP contribution in [0.4, 0.5) is 5.82 Å². The van der Waals surface area contributed by atoms with E-state index in [1.54, 1.807) is 0 Å². The molecule has 1 aliphatic heterocycles. The van der Waals surface area contributed by atoms with E-state index in [2.05, 4.69) is 38.2 Å². The standard InChI is InChI=1S/C10H15N2P/c1-8-2-3-10(11-6-8)12-5-4-9(13)7-12/h2-3,6,9H,4-5,7,13H2,1H3/t9-/m1/s1. The average Bonchev–Trinajstić information content (AvgIpc) is 2.53. The molecule has 1 unspecified atom stereocenters. The minimum Gasteiger partial charge on any atom is -0.356 e. The van der Waals surface area contributed by atoms with Gasteiger partial charge in [-0.15, -0.1) is 9.24 Å². The fraction of sp³-hybridized carbons (Fsp3) is 0.500. The van der Waals surface area contributed by atoms with Crippen LogP contribution in [0.2, 0.25) is 0 Å². The molecule has 1 aliphatic rings. The minimum atomic E-state index is 0.739. The fourth-order valence-corrected chi connectivity index (χ4v) is 2.05. The molecule has 0 saturated carbocycles. The maximum Gasteiger partial charge on any atom is 0.128 e. The zero-order valence-corrected chi connectivity index (χ0v) is 9.06. The number of aryl methyl sites for hydroxylation is 1. The Hall–Kier alpha value is -0.620. The number of nitrogens with zero attached hydrogens (tertiary/aromatic N) is 2. The smallest absolute Gasteiger partial charge is 0.128 e. The molecule has 1 saturated heterocycles. The van der Waals surface area contributed by atoms with Gasteiger partial charge in [-0.3, -0.25) is 0 Å². The van der Waals surface area contributed by atoms with Gasteiger partial charge in [0.2, 0.25) is 0 Å². The Morgan fingerprint density at radius 2 is 2.38 bits per heavy atom. The summed E-state index contributed by atoms with van der Waals surface area (Å²) < 4.78 is 0. The minimum absolute atomic E-state index is 0.739. The number of rotatable bonds is 1. The monoisotopic (exact) mass is 194 g/mol. The summed E-state index contributed by atoms with van der Waals surface area (Å²) in [6.45, 7) is 4.34. The Morgan fingerprint density at radius 3 is 2.92 bits per heavy atom. The van der Waals surface area contributed by atoms with Crippen molar-refractivity contribution in [3.05, 3.63) is 23.9 Å². The molecule has 0 N–H and O–H groups in total. The van der Waals surface area contributed by atoms with Crippen LogP contribution in [0.15, 0.2) is 18.3 Å². The highest BCUT2D eigenvalue weighted by Gasteiger charge is 2.19. The first-order valence-corrected chi connectivity index (χ1v) is 5.35. The first-order chi connectivity index (χ1) is 6.25. The third-order valence-corrected chi connectivity index (χ3v) is 2.99. The summed E-state index contributed by atoms with van der Waals surface area (Å²) >= 11 is 0. The Kier molecular flexibility index (Phi) is 2.50. The zero-order valence-electron chi connectivity index (χ0n) is 7.90. The fourth-order valence-electron chi connectivity index (χ4n) is 1.64. The number of hydrogen-bond donors (Lipinski definition) is 0. The van der Waals surface area contributed by atoms with Gasteiger partial charge in [-0.25, -0.2) is 4.98 Å². The van der Waals surface area contributed by atoms with E-state index in [9.17, 15) is 0 Å². The van der Waals surface area contributed by atoms with Crippen LogP contribution in [0.5, 0.6) is 0 Å². The largest absolute Gasteiger partial charge is 0.356 e. The van der Waals surface area contributed by atoms with Crippen molar-refractivity contribution >= 4 is 15.1 Å². The second kappa shape index (κ2) is 3.63. The van der Waals surface area contributed by atoms with Crippen LogP contribution in [0.25, 0.3) is 0 Å². The highest BCUT2D eigenvalue weighted by atomic mass is 31.0. The first kappa shape index (κ1) is 8.96. The molecule has 0 spiro atoms. The van der Waals surface area contributed by atoms with E-state index in [-0.39, 0.29) is 0 Å². The van der Waals surface area contributed by atoms with Crippen molar-refractivity contribution in [2.24, 2.45) is 0 Å². The molecule has 2 rings (SSSR count). The van der Waals surface area contributed by atoms with Crippen molar-refractivity contribution in [3.63, 3.8) is 0 Å². The Balaban J connectivity index is 2.13. The SMILES string of the molecule is Cc1ccc(N2CC[C@@H](P)C2)nc1. The van der Waals surface area contributed by atoms with Crippen molar-refractivity contribution < 1.29 is 0 Å². The summed E-state index contributed by atoms with van der Waals surface area (Å²) in [5.74, 6) is 1.12. The molecule has 1 aromatic heterocycles. The summed E-state index contributed by atoms with van der Waals surface area (Å²) in [7, 11) is 2.89. The summed E-state index contributed by atoms with van der Waals surface area (Å²) in [5, 5.41) is 0. The van der Waals surface area contributed by atoms with Crippen molar-refractivity contribution in [2.45, 2.75) is 19.0 Å². The summed E-state index contributed by atoms with van der Waals surface area (Å²) in [6, 6.07) is 4.23. The van der Waals surface area contributed by atoms with Gasteiger partial charge in [0.1, 0.15) is 5.82 Å². The number of anilines is 1. The molecule has 1 fully saturated rings. The molecule has 0 amide bonds. The lowest BCUT2D eigenvalue weighted by atomic mass is 10.3. The van der Waals surface area contributed by atoms with Crippen LogP contribution in [0.1, 0.15) is 12.0 Å². The lowest BCUT2D eigenvalue weighted by Crippen LogP contribution is -2.20. The maximum atomic E-state index is 4.41. The molecule has 2 nitrogen and oxygen atoms in total. The second-order valence-corrected chi connectivity index (χ2v) is 4.63. The van der Waals surface area contributed by atoms with Gasteiger partial charge >= 0.3 is 0 Å². The van der Waals surface area contributed by atoms with Crippen LogP contribution in [0, 0.1) is 6.92 Å². The predicted molar refractivity (Wildman–Crippen MR) is 59.3 cm³/mol. The highest BCUT2D eigenvalue weighted by Crippen LogP contribution is 2.21. The number of hydrogen-bond acceptors (Lipinski definition) is 2. The van der Waals surface area contributed by atoms with Gasteiger partial charge in [0.05, 0.1) is 0 Å². The van der Waals surface area contributed by atoms with Crippen LogP contribution in [0.3, 0.4) is 0 Å². The van der Waals surface area contributed by atoms with Gasteiger partial charge in [-0.05, 0) is 30.6 Å². The number of aromatic nitrogens is 1. The molecular weight excluding hydrogens is 179 g/mol. The lowest BCUT2D eigenvalue weighted by molar-refractivity contribution is 0.936. The van der Waals surface area contributed by atoms with Gasteiger partial charge in [-0.1, -0.05) is 6.07 Å². The maximum absolute atomic E-state index is 4.41. The molecule has 3 heteroatoms. The van der Waals surface area contributed by atoms with E-state index in [1.165, 1.54) is 12.0 Å². The van der Waals surface area contributed by atoms with E-state index < -0.39 is 0 Å². The van der Waals surface area contributed by atoms with Crippen molar-refractivity contribution in [1.29, 1.82) is 0 Å². The van der Waals surface area contributed by atoms with E-state index in [0.29, 0.717) is 0 Å². The number of pyridine rings is 1. The van der Waals surface area contributed by atoms with Crippen LogP contribution in [-0.2, 0) is 0 Å². The van der Waals surface area contributed by atoms with Crippen LogP contribution >= 0.6 is 9.24 Å². The van der Waals surface area contributed by atoms with Gasteiger partial charge in [-0.2, -0.15) is 0 Å². The predicted octanol–water partition coefficient (Wildman–Crippen LogP) is 1.84. The molecule has 0 aromatic carbocycles. The Labute approximate surface area is 81.6 Å². The summed E-state index contributed by atoms with van der Waals surface area (Å²) in [4.78, 5) is 6.76. The van der Waals surface area contributed by atoms with Crippen LogP contribution < -0.4 is 4.90 Å². The third kappa shape index (κ3) is 2.00. The molecule has 1 aromatic rings. The Bertz CT molecular complexity index is 283. The molecule has 0 radical (unpaired) electrons. The normalized spacial score (nSPS) is 22.3. The topological polar surface area (TPSA) is 16.1 Å². The van der Waals surface area contributed by atoms with Crippen molar-refractivity contribution in [1.82, 2.24) is 4.98 Å². The van der Waals surface area contributed by atoms with Gasteiger partial charge < -0.3 is 4.90 Å².